The Kier molecular flexibility index (Phi) is 5.26. The zero-order chi connectivity index (χ0) is 18.5. The van der Waals surface area contributed by atoms with Gasteiger partial charge in [-0.25, -0.2) is 9.59 Å². The lowest BCUT2D eigenvalue weighted by Gasteiger charge is -2.08. The third-order valence-corrected chi connectivity index (χ3v) is 3.99. The van der Waals surface area contributed by atoms with Crippen molar-refractivity contribution in [3.63, 3.8) is 0 Å². The fourth-order valence-corrected chi connectivity index (χ4v) is 2.68. The Labute approximate surface area is 150 Å². The van der Waals surface area contributed by atoms with E-state index in [1.54, 1.807) is 29.9 Å². The van der Waals surface area contributed by atoms with Crippen LogP contribution in [0.15, 0.2) is 51.7 Å². The second-order valence-electron chi connectivity index (χ2n) is 5.86. The van der Waals surface area contributed by atoms with Crippen LogP contribution in [0.4, 0.5) is 10.5 Å². The number of ether oxygens (including phenoxy) is 1. The highest BCUT2D eigenvalue weighted by atomic mass is 16.5. The number of carbonyl (C=O) groups is 1. The van der Waals surface area contributed by atoms with E-state index in [1.807, 2.05) is 31.2 Å². The minimum absolute atomic E-state index is 0.337. The van der Waals surface area contributed by atoms with Crippen molar-refractivity contribution in [1.82, 2.24) is 9.88 Å². The molecule has 0 radical (unpaired) electrons. The van der Waals surface area contributed by atoms with Crippen LogP contribution in [-0.4, -0.2) is 17.7 Å². The molecule has 2 aromatic carbocycles. The van der Waals surface area contributed by atoms with Crippen molar-refractivity contribution in [2.45, 2.75) is 26.4 Å². The molecule has 2 N–H and O–H groups in total. The second kappa shape index (κ2) is 7.77. The fraction of sp³-hybridized carbons (Fsp3) is 0.263. The molecule has 1 heterocycles. The molecule has 0 unspecified atom stereocenters. The van der Waals surface area contributed by atoms with Gasteiger partial charge in [0.05, 0.1) is 12.6 Å². The number of anilines is 1. The number of benzene rings is 2. The Morgan fingerprint density at radius 1 is 1.19 bits per heavy atom. The van der Waals surface area contributed by atoms with E-state index in [9.17, 15) is 9.59 Å². The number of amides is 2. The maximum atomic E-state index is 12.1. The number of aromatic nitrogens is 1. The fourth-order valence-electron chi connectivity index (χ4n) is 2.68. The number of oxazole rings is 1. The summed E-state index contributed by atoms with van der Waals surface area (Å²) in [6.07, 6.45) is 0.836. The number of fused-ring (bicyclic) bond motifs is 1. The Bertz CT molecular complexity index is 957. The van der Waals surface area contributed by atoms with Gasteiger partial charge in [0, 0.05) is 24.8 Å². The Hall–Kier alpha value is -3.22. The summed E-state index contributed by atoms with van der Waals surface area (Å²) in [5.74, 6) is 0.381. The number of rotatable bonds is 6. The summed E-state index contributed by atoms with van der Waals surface area (Å²) < 4.78 is 11.9. The number of nitrogens with zero attached hydrogens (tertiary/aromatic N) is 1. The molecule has 0 fully saturated rings. The molecule has 3 rings (SSSR count). The SMILES string of the molecule is CCCn1c(=O)oc2cc(NC(=O)NCc3ccc(OC)cc3)ccc21. The van der Waals surface area contributed by atoms with Crippen molar-refractivity contribution in [3.05, 3.63) is 58.6 Å². The van der Waals surface area contributed by atoms with Crippen LogP contribution in [0.2, 0.25) is 0 Å². The first kappa shape index (κ1) is 17.6. The Morgan fingerprint density at radius 3 is 2.65 bits per heavy atom. The van der Waals surface area contributed by atoms with E-state index in [-0.39, 0.29) is 11.8 Å². The minimum atomic E-state index is -0.386. The first-order valence-corrected chi connectivity index (χ1v) is 8.42. The number of urea groups is 1. The van der Waals surface area contributed by atoms with E-state index in [1.165, 1.54) is 0 Å². The van der Waals surface area contributed by atoms with Crippen molar-refractivity contribution >= 4 is 22.8 Å². The average Bonchev–Trinajstić information content (AvgIpc) is 2.95. The van der Waals surface area contributed by atoms with Gasteiger partial charge in [0.2, 0.25) is 0 Å². The quantitative estimate of drug-likeness (QED) is 0.710. The predicted molar refractivity (Wildman–Crippen MR) is 99.6 cm³/mol. The highest BCUT2D eigenvalue weighted by molar-refractivity contribution is 5.91. The van der Waals surface area contributed by atoms with E-state index in [0.717, 1.165) is 23.3 Å². The van der Waals surface area contributed by atoms with Gasteiger partial charge in [-0.15, -0.1) is 0 Å². The van der Waals surface area contributed by atoms with Crippen LogP contribution in [0.1, 0.15) is 18.9 Å². The number of hydrogen-bond acceptors (Lipinski definition) is 4. The second-order valence-corrected chi connectivity index (χ2v) is 5.86. The third kappa shape index (κ3) is 3.88. The van der Waals surface area contributed by atoms with E-state index in [2.05, 4.69) is 10.6 Å². The minimum Gasteiger partial charge on any atom is -0.497 e. The summed E-state index contributed by atoms with van der Waals surface area (Å²) in [4.78, 5) is 23.9. The van der Waals surface area contributed by atoms with Crippen LogP contribution in [0.25, 0.3) is 11.1 Å². The zero-order valence-corrected chi connectivity index (χ0v) is 14.7. The van der Waals surface area contributed by atoms with Crippen molar-refractivity contribution in [3.8, 4) is 5.75 Å². The number of carbonyl (C=O) groups excluding carboxylic acids is 1. The van der Waals surface area contributed by atoms with E-state index >= 15 is 0 Å². The van der Waals surface area contributed by atoms with Crippen molar-refractivity contribution in [2.24, 2.45) is 0 Å². The Balaban J connectivity index is 1.64. The maximum absolute atomic E-state index is 12.1. The molecule has 0 aliphatic carbocycles. The average molecular weight is 355 g/mol. The molecule has 0 saturated heterocycles. The van der Waals surface area contributed by atoms with Gasteiger partial charge in [-0.2, -0.15) is 0 Å². The highest BCUT2D eigenvalue weighted by Gasteiger charge is 2.10. The van der Waals surface area contributed by atoms with Crippen LogP contribution in [0, 0.1) is 0 Å². The van der Waals surface area contributed by atoms with Gasteiger partial charge in [0.1, 0.15) is 5.75 Å². The van der Waals surface area contributed by atoms with Crippen LogP contribution in [0.3, 0.4) is 0 Å². The first-order valence-electron chi connectivity index (χ1n) is 8.42. The van der Waals surface area contributed by atoms with Gasteiger partial charge >= 0.3 is 11.8 Å². The molecule has 26 heavy (non-hydrogen) atoms. The molecule has 0 saturated carbocycles. The smallest absolute Gasteiger partial charge is 0.419 e. The topological polar surface area (TPSA) is 85.5 Å². The summed E-state index contributed by atoms with van der Waals surface area (Å²) in [5.41, 5.74) is 2.69. The molecule has 0 aliphatic heterocycles. The van der Waals surface area contributed by atoms with Crippen LogP contribution >= 0.6 is 0 Å². The van der Waals surface area contributed by atoms with E-state index in [4.69, 9.17) is 9.15 Å². The molecule has 0 atom stereocenters. The molecule has 0 spiro atoms. The monoisotopic (exact) mass is 355 g/mol. The molecule has 0 aliphatic rings. The van der Waals surface area contributed by atoms with E-state index in [0.29, 0.717) is 24.4 Å². The summed E-state index contributed by atoms with van der Waals surface area (Å²) in [6.45, 7) is 2.98. The Morgan fingerprint density at radius 2 is 1.96 bits per heavy atom. The highest BCUT2D eigenvalue weighted by Crippen LogP contribution is 2.19. The van der Waals surface area contributed by atoms with Crippen molar-refractivity contribution in [2.75, 3.05) is 12.4 Å². The summed E-state index contributed by atoms with van der Waals surface area (Å²) in [5, 5.41) is 5.52. The zero-order valence-electron chi connectivity index (χ0n) is 14.7. The summed E-state index contributed by atoms with van der Waals surface area (Å²) in [6, 6.07) is 12.3. The molecule has 7 heteroatoms. The largest absolute Gasteiger partial charge is 0.497 e. The molecular formula is C19H21N3O4. The van der Waals surface area contributed by atoms with E-state index < -0.39 is 0 Å². The normalized spacial score (nSPS) is 10.7. The number of aryl methyl sites for hydroxylation is 1. The number of nitrogens with one attached hydrogen (secondary N) is 2. The maximum Gasteiger partial charge on any atom is 0.419 e. The van der Waals surface area contributed by atoms with Gasteiger partial charge in [-0.1, -0.05) is 19.1 Å². The molecule has 1 aromatic heterocycles. The molecular weight excluding hydrogens is 334 g/mol. The van der Waals surface area contributed by atoms with Crippen molar-refractivity contribution < 1.29 is 13.9 Å². The van der Waals surface area contributed by atoms with Gasteiger partial charge in [0.15, 0.2) is 5.58 Å². The molecule has 3 aromatic rings. The predicted octanol–water partition coefficient (Wildman–Crippen LogP) is 3.33. The summed E-state index contributed by atoms with van der Waals surface area (Å²) in [7, 11) is 1.61. The van der Waals surface area contributed by atoms with Gasteiger partial charge in [0.25, 0.3) is 0 Å². The van der Waals surface area contributed by atoms with Gasteiger partial charge < -0.3 is 19.8 Å². The third-order valence-electron chi connectivity index (χ3n) is 3.99. The van der Waals surface area contributed by atoms with Crippen LogP contribution in [0.5, 0.6) is 5.75 Å². The number of hydrogen-bond donors (Lipinski definition) is 2. The lowest BCUT2D eigenvalue weighted by molar-refractivity contribution is 0.251. The first-order chi connectivity index (χ1) is 12.6. The lowest BCUT2D eigenvalue weighted by atomic mass is 10.2. The van der Waals surface area contributed by atoms with Gasteiger partial charge in [-0.05, 0) is 36.2 Å². The molecule has 0 bridgehead atoms. The van der Waals surface area contributed by atoms with Crippen molar-refractivity contribution in [1.29, 1.82) is 0 Å². The summed E-state index contributed by atoms with van der Waals surface area (Å²) >= 11 is 0. The van der Waals surface area contributed by atoms with Gasteiger partial charge in [-0.3, -0.25) is 4.57 Å². The molecule has 2 amide bonds. The molecule has 136 valence electrons. The molecule has 7 nitrogen and oxygen atoms in total. The van der Waals surface area contributed by atoms with Crippen LogP contribution in [-0.2, 0) is 13.1 Å². The number of methoxy groups -OCH3 is 1. The lowest BCUT2D eigenvalue weighted by Crippen LogP contribution is -2.28. The van der Waals surface area contributed by atoms with Crippen LogP contribution < -0.4 is 21.1 Å². The standard InChI is InChI=1S/C19H21N3O4/c1-3-10-22-16-9-6-14(11-17(16)26-19(22)24)21-18(23)20-12-13-4-7-15(25-2)8-5-13/h4-9,11H,3,10,12H2,1-2H3,(H2,20,21,23).